The molecule has 2 amide bonds. The molecule has 134 valence electrons. The number of carbonyl (C=O) groups is 2. The minimum absolute atomic E-state index is 0.129. The van der Waals surface area contributed by atoms with E-state index in [1.54, 1.807) is 0 Å². The molecule has 1 spiro atoms. The van der Waals surface area contributed by atoms with Crippen LogP contribution in [-0.2, 0) is 22.3 Å². The van der Waals surface area contributed by atoms with Crippen LogP contribution in [0.25, 0.3) is 0 Å². The predicted molar refractivity (Wildman–Crippen MR) is 87.9 cm³/mol. The molecule has 1 saturated heterocycles. The summed E-state index contributed by atoms with van der Waals surface area (Å²) in [6, 6.07) is 14.2. The molecule has 0 radical (unpaired) electrons. The molecule has 2 aromatic carbocycles. The lowest BCUT2D eigenvalue weighted by atomic mass is 9.96. The predicted octanol–water partition coefficient (Wildman–Crippen LogP) is 4.14. The van der Waals surface area contributed by atoms with Gasteiger partial charge >= 0.3 is 6.18 Å². The summed E-state index contributed by atoms with van der Waals surface area (Å²) in [4.78, 5) is 26.5. The number of hydrogen-bond donors (Lipinski definition) is 0. The molecule has 0 N–H and O–H groups in total. The lowest BCUT2D eigenvalue weighted by Crippen LogP contribution is -2.30. The van der Waals surface area contributed by atoms with E-state index >= 15 is 0 Å². The average Bonchev–Trinajstić information content (AvgIpc) is 3.29. The van der Waals surface area contributed by atoms with Crippen LogP contribution in [0.3, 0.4) is 0 Å². The van der Waals surface area contributed by atoms with Crippen molar-refractivity contribution in [2.24, 2.45) is 5.41 Å². The molecule has 4 rings (SSSR count). The van der Waals surface area contributed by atoms with Crippen LogP contribution < -0.4 is 0 Å². The molecule has 2 aromatic rings. The molecular formula is C20H16F3NO2. The van der Waals surface area contributed by atoms with Crippen molar-refractivity contribution in [3.05, 3.63) is 71.3 Å². The Labute approximate surface area is 148 Å². The fourth-order valence-electron chi connectivity index (χ4n) is 3.83. The fourth-order valence-corrected chi connectivity index (χ4v) is 3.83. The smallest absolute Gasteiger partial charge is 0.278 e. The standard InChI is InChI=1S/C20H16F3NO2/c21-20(22,23)15-8-6-14(7-9-15)16-10-19(16)11-17(25)24(18(19)26)12-13-4-2-1-3-5-13/h1-9,16H,10-12H2/t16-,19?/m0/s1. The quantitative estimate of drug-likeness (QED) is 0.773. The minimum atomic E-state index is -4.38. The lowest BCUT2D eigenvalue weighted by molar-refractivity contribution is -0.141. The number of rotatable bonds is 3. The molecule has 0 aromatic heterocycles. The van der Waals surface area contributed by atoms with Crippen molar-refractivity contribution in [2.45, 2.75) is 31.5 Å². The minimum Gasteiger partial charge on any atom is -0.278 e. The Bertz CT molecular complexity index is 861. The van der Waals surface area contributed by atoms with Gasteiger partial charge < -0.3 is 0 Å². The number of imide groups is 1. The molecule has 1 saturated carbocycles. The van der Waals surface area contributed by atoms with Gasteiger partial charge in [-0.05, 0) is 35.6 Å². The summed E-state index contributed by atoms with van der Waals surface area (Å²) in [7, 11) is 0. The van der Waals surface area contributed by atoms with Crippen molar-refractivity contribution >= 4 is 11.8 Å². The Morgan fingerprint density at radius 1 is 1.00 bits per heavy atom. The van der Waals surface area contributed by atoms with Crippen LogP contribution in [0.5, 0.6) is 0 Å². The Morgan fingerprint density at radius 3 is 2.27 bits per heavy atom. The highest BCUT2D eigenvalue weighted by Crippen LogP contribution is 2.65. The summed E-state index contributed by atoms with van der Waals surface area (Å²) >= 11 is 0. The second kappa shape index (κ2) is 5.69. The van der Waals surface area contributed by atoms with E-state index in [-0.39, 0.29) is 30.7 Å². The first-order valence-corrected chi connectivity index (χ1v) is 8.37. The molecule has 1 aliphatic carbocycles. The number of carbonyl (C=O) groups excluding carboxylic acids is 2. The van der Waals surface area contributed by atoms with E-state index in [1.165, 1.54) is 17.0 Å². The van der Waals surface area contributed by atoms with Crippen molar-refractivity contribution in [3.8, 4) is 0 Å². The third kappa shape index (κ3) is 2.69. The maximum absolute atomic E-state index is 12.8. The number of halogens is 3. The van der Waals surface area contributed by atoms with Crippen molar-refractivity contribution in [1.82, 2.24) is 4.90 Å². The van der Waals surface area contributed by atoms with E-state index in [9.17, 15) is 22.8 Å². The molecule has 0 bridgehead atoms. The summed E-state index contributed by atoms with van der Waals surface area (Å²) in [5.41, 5.74) is 0.0696. The second-order valence-electron chi connectivity index (χ2n) is 6.98. The number of amides is 2. The maximum atomic E-state index is 12.8. The Balaban J connectivity index is 1.52. The third-order valence-electron chi connectivity index (χ3n) is 5.34. The van der Waals surface area contributed by atoms with Crippen LogP contribution in [0, 0.1) is 5.41 Å². The van der Waals surface area contributed by atoms with Gasteiger partial charge in [-0.1, -0.05) is 42.5 Å². The fraction of sp³-hybridized carbons (Fsp3) is 0.300. The molecular weight excluding hydrogens is 343 g/mol. The van der Waals surface area contributed by atoms with Gasteiger partial charge in [0.15, 0.2) is 0 Å². The summed E-state index contributed by atoms with van der Waals surface area (Å²) in [6.45, 7) is 0.236. The molecule has 6 heteroatoms. The highest BCUT2D eigenvalue weighted by atomic mass is 19.4. The second-order valence-corrected chi connectivity index (χ2v) is 6.98. The van der Waals surface area contributed by atoms with E-state index in [1.807, 2.05) is 30.3 Å². The monoisotopic (exact) mass is 359 g/mol. The lowest BCUT2D eigenvalue weighted by Gasteiger charge is -2.15. The van der Waals surface area contributed by atoms with Crippen LogP contribution in [0.15, 0.2) is 54.6 Å². The van der Waals surface area contributed by atoms with Gasteiger partial charge in [0.2, 0.25) is 11.8 Å². The highest BCUT2D eigenvalue weighted by Gasteiger charge is 2.67. The Morgan fingerprint density at radius 2 is 1.65 bits per heavy atom. The van der Waals surface area contributed by atoms with Gasteiger partial charge in [0.1, 0.15) is 0 Å². The van der Waals surface area contributed by atoms with Crippen LogP contribution in [0.1, 0.15) is 35.4 Å². The van der Waals surface area contributed by atoms with Crippen molar-refractivity contribution in [3.63, 3.8) is 0 Å². The van der Waals surface area contributed by atoms with Crippen LogP contribution in [-0.4, -0.2) is 16.7 Å². The topological polar surface area (TPSA) is 37.4 Å². The van der Waals surface area contributed by atoms with E-state index in [2.05, 4.69) is 0 Å². The van der Waals surface area contributed by atoms with Crippen molar-refractivity contribution in [1.29, 1.82) is 0 Å². The summed E-state index contributed by atoms with van der Waals surface area (Å²) in [5.74, 6) is -0.619. The zero-order chi connectivity index (χ0) is 18.5. The molecule has 1 aliphatic heterocycles. The van der Waals surface area contributed by atoms with E-state index < -0.39 is 17.2 Å². The van der Waals surface area contributed by atoms with Gasteiger partial charge in [0, 0.05) is 6.42 Å². The summed E-state index contributed by atoms with van der Waals surface area (Å²) in [5, 5.41) is 0. The van der Waals surface area contributed by atoms with Crippen LogP contribution >= 0.6 is 0 Å². The number of hydrogen-bond acceptors (Lipinski definition) is 2. The van der Waals surface area contributed by atoms with Gasteiger partial charge in [-0.2, -0.15) is 13.2 Å². The number of benzene rings is 2. The molecule has 2 aliphatic rings. The van der Waals surface area contributed by atoms with Crippen LogP contribution in [0.2, 0.25) is 0 Å². The molecule has 1 heterocycles. The number of likely N-dealkylation sites (tertiary alicyclic amines) is 1. The van der Waals surface area contributed by atoms with Gasteiger partial charge in [-0.15, -0.1) is 0 Å². The van der Waals surface area contributed by atoms with Gasteiger partial charge in [-0.3, -0.25) is 14.5 Å². The largest absolute Gasteiger partial charge is 0.416 e. The number of alkyl halides is 3. The number of nitrogens with zero attached hydrogens (tertiary/aromatic N) is 1. The third-order valence-corrected chi connectivity index (χ3v) is 5.34. The SMILES string of the molecule is O=C1CC2(C[C@H]2c2ccc(C(F)(F)F)cc2)C(=O)N1Cc1ccccc1. The van der Waals surface area contributed by atoms with Gasteiger partial charge in [0.25, 0.3) is 0 Å². The molecule has 3 nitrogen and oxygen atoms in total. The average molecular weight is 359 g/mol. The highest BCUT2D eigenvalue weighted by molar-refractivity contribution is 6.08. The molecule has 26 heavy (non-hydrogen) atoms. The van der Waals surface area contributed by atoms with Gasteiger partial charge in [0.05, 0.1) is 17.5 Å². The van der Waals surface area contributed by atoms with Crippen LogP contribution in [0.4, 0.5) is 13.2 Å². The van der Waals surface area contributed by atoms with E-state index in [0.29, 0.717) is 12.0 Å². The van der Waals surface area contributed by atoms with Gasteiger partial charge in [-0.25, -0.2) is 0 Å². The Kier molecular flexibility index (Phi) is 3.68. The normalized spacial score (nSPS) is 25.2. The van der Waals surface area contributed by atoms with Crippen molar-refractivity contribution < 1.29 is 22.8 Å². The van der Waals surface area contributed by atoms with E-state index in [0.717, 1.165) is 17.7 Å². The summed E-state index contributed by atoms with van der Waals surface area (Å²) in [6.07, 6.45) is -3.75. The van der Waals surface area contributed by atoms with E-state index in [4.69, 9.17) is 0 Å². The summed E-state index contributed by atoms with van der Waals surface area (Å²) < 4.78 is 38.1. The molecule has 2 fully saturated rings. The first-order valence-electron chi connectivity index (χ1n) is 8.37. The zero-order valence-electron chi connectivity index (χ0n) is 13.8. The first kappa shape index (κ1) is 16.8. The maximum Gasteiger partial charge on any atom is 0.416 e. The Hall–Kier alpha value is -2.63. The van der Waals surface area contributed by atoms with Crippen molar-refractivity contribution in [2.75, 3.05) is 0 Å². The first-order chi connectivity index (χ1) is 12.3. The molecule has 1 unspecified atom stereocenters. The molecule has 2 atom stereocenters. The zero-order valence-corrected chi connectivity index (χ0v) is 13.8.